The van der Waals surface area contributed by atoms with Crippen LogP contribution in [-0.2, 0) is 0 Å². The zero-order valence-corrected chi connectivity index (χ0v) is 10.3. The first kappa shape index (κ1) is 13.2. The molecule has 0 saturated carbocycles. The fourth-order valence-electron chi connectivity index (χ4n) is 1.90. The van der Waals surface area contributed by atoms with E-state index >= 15 is 0 Å². The zero-order valence-electron chi connectivity index (χ0n) is 10.3. The molecule has 1 aliphatic heterocycles. The summed E-state index contributed by atoms with van der Waals surface area (Å²) in [5, 5.41) is 11.7. The summed E-state index contributed by atoms with van der Waals surface area (Å²) in [5.41, 5.74) is 5.84. The lowest BCUT2D eigenvalue weighted by molar-refractivity contribution is 0.0692. The van der Waals surface area contributed by atoms with Crippen LogP contribution in [0.5, 0.6) is 5.75 Å². The molecule has 1 aromatic rings. The fraction of sp³-hybridized carbons (Fsp3) is 0.333. The highest BCUT2D eigenvalue weighted by atomic mass is 16.5. The zero-order chi connectivity index (χ0) is 13.8. The molecule has 7 nitrogen and oxygen atoms in total. The molecule has 0 bridgehead atoms. The topological polar surface area (TPSA) is 105 Å². The predicted octanol–water partition coefficient (Wildman–Crippen LogP) is 0.252. The second-order valence-electron chi connectivity index (χ2n) is 3.98. The van der Waals surface area contributed by atoms with E-state index in [0.29, 0.717) is 25.3 Å². The maximum Gasteiger partial charge on any atom is 0.339 e. The van der Waals surface area contributed by atoms with Crippen molar-refractivity contribution in [1.82, 2.24) is 5.32 Å². The first-order valence-corrected chi connectivity index (χ1v) is 5.89. The van der Waals surface area contributed by atoms with Crippen molar-refractivity contribution >= 4 is 17.7 Å². The average molecular weight is 265 g/mol. The van der Waals surface area contributed by atoms with Crippen molar-refractivity contribution in [2.75, 3.05) is 31.1 Å². The van der Waals surface area contributed by atoms with Crippen molar-refractivity contribution in [3.8, 4) is 5.75 Å². The first-order valence-electron chi connectivity index (χ1n) is 5.89. The highest BCUT2D eigenvalue weighted by molar-refractivity contribution is 5.99. The molecule has 7 heteroatoms. The van der Waals surface area contributed by atoms with E-state index in [0.717, 1.165) is 0 Å². The van der Waals surface area contributed by atoms with Crippen molar-refractivity contribution in [2.45, 2.75) is 0 Å². The van der Waals surface area contributed by atoms with Crippen molar-refractivity contribution in [3.63, 3.8) is 0 Å². The van der Waals surface area contributed by atoms with Crippen LogP contribution in [0, 0.1) is 0 Å². The number of nitrogens with one attached hydrogen (secondary N) is 1. The highest BCUT2D eigenvalue weighted by Gasteiger charge is 2.27. The molecule has 0 spiro atoms. The van der Waals surface area contributed by atoms with Crippen LogP contribution in [0.1, 0.15) is 10.4 Å². The number of urea groups is 1. The number of nitrogens with zero attached hydrogens (tertiary/aromatic N) is 1. The number of para-hydroxylation sites is 1. The van der Waals surface area contributed by atoms with Gasteiger partial charge in [-0.25, -0.2) is 9.59 Å². The van der Waals surface area contributed by atoms with Crippen LogP contribution in [0.3, 0.4) is 0 Å². The smallest absolute Gasteiger partial charge is 0.339 e. The predicted molar refractivity (Wildman–Crippen MR) is 68.7 cm³/mol. The molecule has 1 heterocycles. The third kappa shape index (κ3) is 2.60. The minimum Gasteiger partial charge on any atom is -0.489 e. The maximum absolute atomic E-state index is 12.0. The number of amides is 2. The molecule has 4 N–H and O–H groups in total. The molecule has 0 aromatic heterocycles. The van der Waals surface area contributed by atoms with Gasteiger partial charge in [0.1, 0.15) is 12.2 Å². The number of benzene rings is 1. The van der Waals surface area contributed by atoms with Crippen LogP contribution in [0.15, 0.2) is 18.2 Å². The summed E-state index contributed by atoms with van der Waals surface area (Å²) < 4.78 is 5.37. The molecular weight excluding hydrogens is 250 g/mol. The summed E-state index contributed by atoms with van der Waals surface area (Å²) in [6.45, 7) is 1.34. The molecule has 2 rings (SSSR count). The average Bonchev–Trinajstić information content (AvgIpc) is 2.43. The van der Waals surface area contributed by atoms with Gasteiger partial charge in [-0.1, -0.05) is 6.07 Å². The number of aromatic carboxylic acids is 1. The molecule has 0 radical (unpaired) electrons. The van der Waals surface area contributed by atoms with Gasteiger partial charge in [-0.05, 0) is 12.1 Å². The van der Waals surface area contributed by atoms with Crippen LogP contribution in [0.2, 0.25) is 0 Å². The third-order valence-electron chi connectivity index (χ3n) is 2.74. The minimum absolute atomic E-state index is 0.0498. The summed E-state index contributed by atoms with van der Waals surface area (Å²) in [6, 6.07) is 4.38. The second kappa shape index (κ2) is 5.57. The Bertz CT molecular complexity index is 504. The lowest BCUT2D eigenvalue weighted by Crippen LogP contribution is -2.45. The van der Waals surface area contributed by atoms with Crippen molar-refractivity contribution in [3.05, 3.63) is 23.8 Å². The van der Waals surface area contributed by atoms with E-state index in [-0.39, 0.29) is 24.0 Å². The Balaban J connectivity index is 2.32. The van der Waals surface area contributed by atoms with Gasteiger partial charge in [0, 0.05) is 13.1 Å². The van der Waals surface area contributed by atoms with E-state index in [9.17, 15) is 9.59 Å². The summed E-state index contributed by atoms with van der Waals surface area (Å²) in [4.78, 5) is 24.5. The molecular formula is C12H15N3O4. The van der Waals surface area contributed by atoms with E-state index in [2.05, 4.69) is 5.32 Å². The monoisotopic (exact) mass is 265 g/mol. The van der Waals surface area contributed by atoms with Crippen molar-refractivity contribution in [1.29, 1.82) is 0 Å². The van der Waals surface area contributed by atoms with E-state index in [1.165, 1.54) is 11.0 Å². The molecule has 1 aromatic carbocycles. The summed E-state index contributed by atoms with van der Waals surface area (Å²) in [6.07, 6.45) is 0. The molecule has 0 fully saturated rings. The van der Waals surface area contributed by atoms with Crippen LogP contribution in [0.25, 0.3) is 0 Å². The number of carboxylic acid groups (broad SMARTS) is 1. The number of anilines is 1. The fourth-order valence-corrected chi connectivity index (χ4v) is 1.90. The number of carbonyl (C=O) groups is 2. The quantitative estimate of drug-likeness (QED) is 0.726. The van der Waals surface area contributed by atoms with Crippen LogP contribution < -0.4 is 20.7 Å². The molecule has 0 unspecified atom stereocenters. The number of carboxylic acids is 1. The van der Waals surface area contributed by atoms with Gasteiger partial charge in [0.25, 0.3) is 0 Å². The molecule has 19 heavy (non-hydrogen) atoms. The van der Waals surface area contributed by atoms with Gasteiger partial charge in [0.15, 0.2) is 5.75 Å². The van der Waals surface area contributed by atoms with Gasteiger partial charge in [-0.2, -0.15) is 0 Å². The van der Waals surface area contributed by atoms with Crippen molar-refractivity contribution < 1.29 is 19.4 Å². The number of rotatable bonds is 3. The standard InChI is InChI=1S/C12H15N3O4/c13-4-5-14-12(18)15-6-7-19-10-8(11(16)17)2-1-3-9(10)15/h1-3H,4-7,13H2,(H,14,18)(H,16,17). The summed E-state index contributed by atoms with van der Waals surface area (Å²) in [7, 11) is 0. The van der Waals surface area contributed by atoms with Gasteiger partial charge >= 0.3 is 12.0 Å². The Labute approximate surface area is 109 Å². The lowest BCUT2D eigenvalue weighted by atomic mass is 10.1. The minimum atomic E-state index is -1.08. The number of ether oxygens (including phenoxy) is 1. The normalized spacial score (nSPS) is 13.4. The molecule has 0 aliphatic carbocycles. The van der Waals surface area contributed by atoms with E-state index in [1.54, 1.807) is 12.1 Å². The molecule has 1 aliphatic rings. The van der Waals surface area contributed by atoms with E-state index in [4.69, 9.17) is 15.6 Å². The SMILES string of the molecule is NCCNC(=O)N1CCOc2c(C(=O)O)cccc21. The van der Waals surface area contributed by atoms with Crippen LogP contribution >= 0.6 is 0 Å². The number of nitrogens with two attached hydrogens (primary N) is 1. The third-order valence-corrected chi connectivity index (χ3v) is 2.74. The Morgan fingerprint density at radius 3 is 2.95 bits per heavy atom. The van der Waals surface area contributed by atoms with Gasteiger partial charge in [-0.15, -0.1) is 0 Å². The molecule has 0 atom stereocenters. The Kier molecular flexibility index (Phi) is 3.86. The van der Waals surface area contributed by atoms with Gasteiger partial charge < -0.3 is 20.9 Å². The number of carbonyl (C=O) groups excluding carboxylic acids is 1. The first-order chi connectivity index (χ1) is 9.15. The lowest BCUT2D eigenvalue weighted by Gasteiger charge is -2.30. The maximum atomic E-state index is 12.0. The van der Waals surface area contributed by atoms with Gasteiger partial charge in [-0.3, -0.25) is 4.90 Å². The second-order valence-corrected chi connectivity index (χ2v) is 3.98. The summed E-state index contributed by atoms with van der Waals surface area (Å²) in [5.74, 6) is -0.856. The number of hydrogen-bond acceptors (Lipinski definition) is 4. The van der Waals surface area contributed by atoms with Crippen molar-refractivity contribution in [2.24, 2.45) is 5.73 Å². The highest BCUT2D eigenvalue weighted by Crippen LogP contribution is 2.34. The van der Waals surface area contributed by atoms with E-state index < -0.39 is 5.97 Å². The number of hydrogen-bond donors (Lipinski definition) is 3. The Morgan fingerprint density at radius 1 is 1.47 bits per heavy atom. The number of fused-ring (bicyclic) bond motifs is 1. The molecule has 102 valence electrons. The van der Waals surface area contributed by atoms with Gasteiger partial charge in [0.05, 0.1) is 12.2 Å². The Morgan fingerprint density at radius 2 is 2.26 bits per heavy atom. The van der Waals surface area contributed by atoms with Crippen LogP contribution in [-0.4, -0.2) is 43.3 Å². The summed E-state index contributed by atoms with van der Waals surface area (Å²) >= 11 is 0. The largest absolute Gasteiger partial charge is 0.489 e. The van der Waals surface area contributed by atoms with Crippen LogP contribution in [0.4, 0.5) is 10.5 Å². The van der Waals surface area contributed by atoms with Gasteiger partial charge in [0.2, 0.25) is 0 Å². The Hall–Kier alpha value is -2.28. The van der Waals surface area contributed by atoms with E-state index in [1.807, 2.05) is 0 Å². The molecule has 2 amide bonds. The molecule has 0 saturated heterocycles.